The first-order valence-corrected chi connectivity index (χ1v) is 6.75. The van der Waals surface area contributed by atoms with Crippen LogP contribution in [0.1, 0.15) is 18.4 Å². The number of hydrogen-bond donors (Lipinski definition) is 1. The first-order chi connectivity index (χ1) is 8.65. The van der Waals surface area contributed by atoms with E-state index in [4.69, 9.17) is 4.74 Å². The van der Waals surface area contributed by atoms with Gasteiger partial charge >= 0.3 is 0 Å². The van der Waals surface area contributed by atoms with Crippen molar-refractivity contribution in [2.24, 2.45) is 0 Å². The number of carbonyl (C=O) groups excluding carboxylic acids is 1. The highest BCUT2D eigenvalue weighted by Crippen LogP contribution is 2.16. The zero-order chi connectivity index (χ0) is 13.0. The fraction of sp³-hybridized carbons (Fsp3) is 0.462. The Morgan fingerprint density at radius 1 is 1.44 bits per heavy atom. The molecule has 1 fully saturated rings. The lowest BCUT2D eigenvalue weighted by molar-refractivity contribution is -0.121. The summed E-state index contributed by atoms with van der Waals surface area (Å²) < 4.78 is 18.9. The molecule has 3 nitrogen and oxygen atoms in total. The molecule has 0 radical (unpaired) electrons. The fourth-order valence-electron chi connectivity index (χ4n) is 1.96. The van der Waals surface area contributed by atoms with Gasteiger partial charge in [-0.3, -0.25) is 4.79 Å². The minimum absolute atomic E-state index is 0.0661. The average molecular weight is 316 g/mol. The van der Waals surface area contributed by atoms with Crippen LogP contribution in [0.25, 0.3) is 0 Å². The van der Waals surface area contributed by atoms with E-state index in [1.165, 1.54) is 6.07 Å². The van der Waals surface area contributed by atoms with Gasteiger partial charge in [-0.25, -0.2) is 4.39 Å². The summed E-state index contributed by atoms with van der Waals surface area (Å²) in [4.78, 5) is 11.8. The summed E-state index contributed by atoms with van der Waals surface area (Å²) in [5, 5.41) is 2.95. The summed E-state index contributed by atoms with van der Waals surface area (Å²) in [5.41, 5.74) is 0.681. The highest BCUT2D eigenvalue weighted by atomic mass is 79.9. The molecule has 0 spiro atoms. The Morgan fingerprint density at radius 2 is 2.17 bits per heavy atom. The van der Waals surface area contributed by atoms with Crippen molar-refractivity contribution in [3.05, 3.63) is 34.1 Å². The first kappa shape index (κ1) is 13.5. The molecule has 1 aliphatic rings. The molecule has 5 heteroatoms. The Hall–Kier alpha value is -0.940. The summed E-state index contributed by atoms with van der Waals surface area (Å²) in [5.74, 6) is -0.407. The van der Waals surface area contributed by atoms with Crippen LogP contribution in [0.5, 0.6) is 0 Å². The largest absolute Gasteiger partial charge is 0.381 e. The number of amides is 1. The number of carbonyl (C=O) groups is 1. The molecule has 0 unspecified atom stereocenters. The maximum absolute atomic E-state index is 13.3. The summed E-state index contributed by atoms with van der Waals surface area (Å²) in [6, 6.07) is 4.93. The Bertz CT molecular complexity index is 433. The van der Waals surface area contributed by atoms with Gasteiger partial charge in [0, 0.05) is 19.3 Å². The average Bonchev–Trinajstić information content (AvgIpc) is 2.35. The molecule has 1 amide bonds. The van der Waals surface area contributed by atoms with Crippen molar-refractivity contribution in [3.63, 3.8) is 0 Å². The zero-order valence-electron chi connectivity index (χ0n) is 9.92. The Morgan fingerprint density at radius 3 is 2.83 bits per heavy atom. The molecule has 1 aliphatic heterocycles. The second kappa shape index (κ2) is 6.29. The fourth-order valence-corrected chi connectivity index (χ4v) is 2.20. The quantitative estimate of drug-likeness (QED) is 0.930. The second-order valence-corrected chi connectivity index (χ2v) is 5.23. The number of hydrogen-bond acceptors (Lipinski definition) is 2. The van der Waals surface area contributed by atoms with Crippen molar-refractivity contribution in [3.8, 4) is 0 Å². The Labute approximate surface area is 114 Å². The number of nitrogens with one attached hydrogen (secondary N) is 1. The first-order valence-electron chi connectivity index (χ1n) is 5.96. The van der Waals surface area contributed by atoms with Crippen molar-refractivity contribution in [2.75, 3.05) is 13.2 Å². The van der Waals surface area contributed by atoms with E-state index in [0.717, 1.165) is 12.8 Å². The van der Waals surface area contributed by atoms with Crippen LogP contribution in [0.15, 0.2) is 22.7 Å². The summed E-state index contributed by atoms with van der Waals surface area (Å²) in [6.07, 6.45) is 1.91. The van der Waals surface area contributed by atoms with Gasteiger partial charge in [0.2, 0.25) is 5.91 Å². The molecule has 2 rings (SSSR count). The molecule has 1 heterocycles. The molecular weight excluding hydrogens is 301 g/mol. The van der Waals surface area contributed by atoms with E-state index in [1.807, 2.05) is 0 Å². The van der Waals surface area contributed by atoms with Crippen LogP contribution < -0.4 is 5.32 Å². The topological polar surface area (TPSA) is 38.3 Å². The van der Waals surface area contributed by atoms with E-state index >= 15 is 0 Å². The number of ether oxygens (including phenoxy) is 1. The molecule has 0 saturated carbocycles. The third-order valence-electron chi connectivity index (χ3n) is 2.94. The summed E-state index contributed by atoms with van der Waals surface area (Å²) >= 11 is 3.09. The van der Waals surface area contributed by atoms with Crippen LogP contribution >= 0.6 is 15.9 Å². The number of benzene rings is 1. The highest BCUT2D eigenvalue weighted by Gasteiger charge is 2.16. The van der Waals surface area contributed by atoms with Crippen molar-refractivity contribution in [2.45, 2.75) is 25.3 Å². The molecule has 1 saturated heterocycles. The number of rotatable bonds is 3. The van der Waals surface area contributed by atoms with E-state index in [1.54, 1.807) is 12.1 Å². The van der Waals surface area contributed by atoms with Crippen LogP contribution in [0, 0.1) is 5.82 Å². The molecule has 1 N–H and O–H groups in total. The standard InChI is InChI=1S/C13H15BrFNO2/c14-11-2-1-9(7-12(11)15)8-13(17)16-10-3-5-18-6-4-10/h1-2,7,10H,3-6,8H2,(H,16,17). The highest BCUT2D eigenvalue weighted by molar-refractivity contribution is 9.10. The molecule has 0 atom stereocenters. The lowest BCUT2D eigenvalue weighted by Crippen LogP contribution is -2.39. The van der Waals surface area contributed by atoms with E-state index < -0.39 is 0 Å². The van der Waals surface area contributed by atoms with Crippen molar-refractivity contribution in [1.29, 1.82) is 0 Å². The predicted octanol–water partition coefficient (Wildman–Crippen LogP) is 2.43. The van der Waals surface area contributed by atoms with Crippen molar-refractivity contribution in [1.82, 2.24) is 5.32 Å². The molecular formula is C13H15BrFNO2. The van der Waals surface area contributed by atoms with Crippen LogP contribution in [0.4, 0.5) is 4.39 Å². The third kappa shape index (κ3) is 3.78. The molecule has 1 aromatic carbocycles. The molecule has 98 valence electrons. The van der Waals surface area contributed by atoms with Gasteiger partial charge < -0.3 is 10.1 Å². The minimum atomic E-state index is -0.341. The monoisotopic (exact) mass is 315 g/mol. The van der Waals surface area contributed by atoms with E-state index in [2.05, 4.69) is 21.2 Å². The van der Waals surface area contributed by atoms with Gasteiger partial charge in [0.1, 0.15) is 5.82 Å². The van der Waals surface area contributed by atoms with E-state index in [9.17, 15) is 9.18 Å². The maximum atomic E-state index is 13.3. The molecule has 0 aliphatic carbocycles. The van der Waals surface area contributed by atoms with Crippen molar-refractivity contribution >= 4 is 21.8 Å². The van der Waals surface area contributed by atoms with Gasteiger partial charge in [-0.05, 0) is 46.5 Å². The number of halogens is 2. The second-order valence-electron chi connectivity index (χ2n) is 4.38. The predicted molar refractivity (Wildman–Crippen MR) is 69.8 cm³/mol. The van der Waals surface area contributed by atoms with E-state index in [-0.39, 0.29) is 24.2 Å². The van der Waals surface area contributed by atoms with Gasteiger partial charge in [-0.2, -0.15) is 0 Å². The maximum Gasteiger partial charge on any atom is 0.224 e. The lowest BCUT2D eigenvalue weighted by atomic mass is 10.1. The normalized spacial score (nSPS) is 16.6. The summed E-state index contributed by atoms with van der Waals surface area (Å²) in [7, 11) is 0. The SMILES string of the molecule is O=C(Cc1ccc(Br)c(F)c1)NC1CCOCC1. The van der Waals surface area contributed by atoms with Crippen LogP contribution in [0.2, 0.25) is 0 Å². The van der Waals surface area contributed by atoms with E-state index in [0.29, 0.717) is 23.2 Å². The molecule has 18 heavy (non-hydrogen) atoms. The molecule has 1 aromatic rings. The van der Waals surface area contributed by atoms with Crippen LogP contribution in [0.3, 0.4) is 0 Å². The Balaban J connectivity index is 1.88. The van der Waals surface area contributed by atoms with Crippen LogP contribution in [-0.4, -0.2) is 25.2 Å². The minimum Gasteiger partial charge on any atom is -0.381 e. The zero-order valence-corrected chi connectivity index (χ0v) is 11.5. The van der Waals surface area contributed by atoms with Gasteiger partial charge in [0.15, 0.2) is 0 Å². The Kier molecular flexibility index (Phi) is 4.72. The van der Waals surface area contributed by atoms with Gasteiger partial charge in [0.05, 0.1) is 10.9 Å². The van der Waals surface area contributed by atoms with Crippen LogP contribution in [-0.2, 0) is 16.0 Å². The van der Waals surface area contributed by atoms with Gasteiger partial charge in [0.25, 0.3) is 0 Å². The molecule has 0 bridgehead atoms. The molecule has 0 aromatic heterocycles. The summed E-state index contributed by atoms with van der Waals surface area (Å²) in [6.45, 7) is 1.38. The lowest BCUT2D eigenvalue weighted by Gasteiger charge is -2.23. The van der Waals surface area contributed by atoms with Crippen molar-refractivity contribution < 1.29 is 13.9 Å². The van der Waals surface area contributed by atoms with Gasteiger partial charge in [-0.15, -0.1) is 0 Å². The van der Waals surface area contributed by atoms with Gasteiger partial charge in [-0.1, -0.05) is 6.07 Å². The smallest absolute Gasteiger partial charge is 0.224 e. The third-order valence-corrected chi connectivity index (χ3v) is 3.58.